The van der Waals surface area contributed by atoms with Gasteiger partial charge in [0.1, 0.15) is 0 Å². The fraction of sp³-hybridized carbons (Fsp3) is 0.571. The Labute approximate surface area is 93.9 Å². The van der Waals surface area contributed by atoms with Crippen molar-refractivity contribution in [2.24, 2.45) is 5.92 Å². The van der Waals surface area contributed by atoms with Crippen LogP contribution in [0.4, 0.5) is 5.69 Å². The van der Waals surface area contributed by atoms with E-state index in [0.717, 1.165) is 12.5 Å². The van der Waals surface area contributed by atoms with Gasteiger partial charge < -0.3 is 5.32 Å². The number of hydrogen-bond donors (Lipinski definition) is 1. The van der Waals surface area contributed by atoms with E-state index in [4.69, 9.17) is 0 Å². The van der Waals surface area contributed by atoms with Crippen LogP contribution in [0.15, 0.2) is 18.2 Å². The zero-order chi connectivity index (χ0) is 11.3. The van der Waals surface area contributed by atoms with Gasteiger partial charge in [-0.25, -0.2) is 0 Å². The molecule has 0 saturated carbocycles. The van der Waals surface area contributed by atoms with Gasteiger partial charge in [-0.15, -0.1) is 0 Å². The molecule has 0 amide bonds. The van der Waals surface area contributed by atoms with Gasteiger partial charge in [-0.1, -0.05) is 32.8 Å². The Morgan fingerprint density at radius 2 is 1.73 bits per heavy atom. The number of benzene rings is 1. The van der Waals surface area contributed by atoms with Crippen molar-refractivity contribution in [1.29, 1.82) is 0 Å². The van der Waals surface area contributed by atoms with Gasteiger partial charge in [-0.2, -0.15) is 0 Å². The van der Waals surface area contributed by atoms with Crippen LogP contribution >= 0.6 is 0 Å². The molecular formula is C14H23N. The van der Waals surface area contributed by atoms with Crippen molar-refractivity contribution in [3.8, 4) is 0 Å². The first-order valence-corrected chi connectivity index (χ1v) is 5.98. The summed E-state index contributed by atoms with van der Waals surface area (Å²) in [6, 6.07) is 6.59. The molecule has 1 heteroatoms. The molecule has 0 atom stereocenters. The smallest absolute Gasteiger partial charge is 0.0343 e. The maximum absolute atomic E-state index is 3.51. The van der Waals surface area contributed by atoms with Crippen molar-refractivity contribution in [2.75, 3.05) is 11.9 Å². The fourth-order valence-corrected chi connectivity index (χ4v) is 1.69. The fourth-order valence-electron chi connectivity index (χ4n) is 1.69. The van der Waals surface area contributed by atoms with Crippen LogP contribution in [-0.4, -0.2) is 6.54 Å². The van der Waals surface area contributed by atoms with E-state index in [1.807, 2.05) is 0 Å². The molecule has 0 aliphatic heterocycles. The lowest BCUT2D eigenvalue weighted by Crippen LogP contribution is -2.12. The largest absolute Gasteiger partial charge is 0.385 e. The highest BCUT2D eigenvalue weighted by molar-refractivity contribution is 5.48. The summed E-state index contributed by atoms with van der Waals surface area (Å²) in [5.74, 6) is 0.798. The number of rotatable bonds is 5. The molecule has 15 heavy (non-hydrogen) atoms. The molecule has 1 rings (SSSR count). The summed E-state index contributed by atoms with van der Waals surface area (Å²) in [4.78, 5) is 0. The molecule has 1 aromatic rings. The lowest BCUT2D eigenvalue weighted by molar-refractivity contribution is 0.519. The van der Waals surface area contributed by atoms with Crippen LogP contribution in [-0.2, 0) is 0 Å². The summed E-state index contributed by atoms with van der Waals surface area (Å²) < 4.78 is 0. The predicted octanol–water partition coefficient (Wildman–Crippen LogP) is 4.15. The lowest BCUT2D eigenvalue weighted by atomic mass is 10.0. The monoisotopic (exact) mass is 205 g/mol. The van der Waals surface area contributed by atoms with Gasteiger partial charge in [-0.05, 0) is 43.0 Å². The Bertz CT molecular complexity index is 300. The van der Waals surface area contributed by atoms with Crippen molar-refractivity contribution in [3.05, 3.63) is 29.3 Å². The lowest BCUT2D eigenvalue weighted by Gasteiger charge is -2.15. The summed E-state index contributed by atoms with van der Waals surface area (Å²) in [6.07, 6.45) is 2.52. The van der Waals surface area contributed by atoms with Crippen molar-refractivity contribution >= 4 is 5.69 Å². The Kier molecular flexibility index (Phi) is 4.67. The molecule has 1 aromatic carbocycles. The van der Waals surface area contributed by atoms with E-state index in [1.54, 1.807) is 0 Å². The molecule has 0 aromatic heterocycles. The number of anilines is 1. The van der Waals surface area contributed by atoms with Crippen LogP contribution in [0.3, 0.4) is 0 Å². The molecule has 0 spiro atoms. The van der Waals surface area contributed by atoms with Crippen LogP contribution in [0, 0.1) is 19.8 Å². The maximum Gasteiger partial charge on any atom is 0.0343 e. The first-order valence-electron chi connectivity index (χ1n) is 5.98. The van der Waals surface area contributed by atoms with E-state index in [2.05, 4.69) is 51.2 Å². The highest BCUT2D eigenvalue weighted by Crippen LogP contribution is 2.15. The summed E-state index contributed by atoms with van der Waals surface area (Å²) >= 11 is 0. The first-order chi connectivity index (χ1) is 7.17. The van der Waals surface area contributed by atoms with Crippen LogP contribution in [0.2, 0.25) is 0 Å². The van der Waals surface area contributed by atoms with Crippen LogP contribution in [0.1, 0.15) is 37.8 Å². The molecule has 0 unspecified atom stereocenters. The third kappa shape index (κ3) is 3.58. The van der Waals surface area contributed by atoms with E-state index < -0.39 is 0 Å². The Morgan fingerprint density at radius 1 is 1.07 bits per heavy atom. The van der Waals surface area contributed by atoms with Crippen molar-refractivity contribution in [3.63, 3.8) is 0 Å². The molecule has 0 saturated heterocycles. The molecule has 1 N–H and O–H groups in total. The third-order valence-electron chi connectivity index (χ3n) is 3.26. The van der Waals surface area contributed by atoms with Gasteiger partial charge in [-0.3, -0.25) is 0 Å². The number of aryl methyl sites for hydroxylation is 2. The quantitative estimate of drug-likeness (QED) is 0.761. The summed E-state index contributed by atoms with van der Waals surface area (Å²) in [6.45, 7) is 9.93. The first kappa shape index (κ1) is 12.1. The average Bonchev–Trinajstić information content (AvgIpc) is 2.24. The summed E-state index contributed by atoms with van der Waals surface area (Å²) in [5.41, 5.74) is 3.98. The maximum atomic E-state index is 3.51. The number of nitrogens with one attached hydrogen (secondary N) is 1. The van der Waals surface area contributed by atoms with E-state index in [1.165, 1.54) is 29.7 Å². The second kappa shape index (κ2) is 5.79. The van der Waals surface area contributed by atoms with E-state index >= 15 is 0 Å². The molecule has 1 nitrogen and oxygen atoms in total. The van der Waals surface area contributed by atoms with Gasteiger partial charge in [0.15, 0.2) is 0 Å². The topological polar surface area (TPSA) is 12.0 Å². The van der Waals surface area contributed by atoms with E-state index in [-0.39, 0.29) is 0 Å². The molecule has 0 bridgehead atoms. The SMILES string of the molecule is CCC(CC)CNc1ccc(C)c(C)c1. The van der Waals surface area contributed by atoms with Gasteiger partial charge in [0.2, 0.25) is 0 Å². The third-order valence-corrected chi connectivity index (χ3v) is 3.26. The van der Waals surface area contributed by atoms with Crippen LogP contribution in [0.25, 0.3) is 0 Å². The molecule has 0 fully saturated rings. The molecule has 0 aliphatic carbocycles. The molecule has 84 valence electrons. The van der Waals surface area contributed by atoms with Gasteiger partial charge in [0, 0.05) is 12.2 Å². The summed E-state index contributed by atoms with van der Waals surface area (Å²) in [5, 5.41) is 3.51. The van der Waals surface area contributed by atoms with Crippen molar-refractivity contribution < 1.29 is 0 Å². The minimum atomic E-state index is 0.798. The van der Waals surface area contributed by atoms with Gasteiger partial charge in [0.25, 0.3) is 0 Å². The minimum Gasteiger partial charge on any atom is -0.385 e. The number of hydrogen-bond acceptors (Lipinski definition) is 1. The van der Waals surface area contributed by atoms with E-state index in [9.17, 15) is 0 Å². The molecule has 0 heterocycles. The highest BCUT2D eigenvalue weighted by Gasteiger charge is 2.03. The average molecular weight is 205 g/mol. The zero-order valence-electron chi connectivity index (χ0n) is 10.4. The Balaban J connectivity index is 2.54. The van der Waals surface area contributed by atoms with Crippen LogP contribution < -0.4 is 5.32 Å². The standard InChI is InChI=1S/C14H23N/c1-5-13(6-2)10-15-14-8-7-11(3)12(4)9-14/h7-9,13,15H,5-6,10H2,1-4H3. The van der Waals surface area contributed by atoms with Crippen molar-refractivity contribution in [2.45, 2.75) is 40.5 Å². The molecule has 0 aliphatic rings. The normalized spacial score (nSPS) is 10.7. The minimum absolute atomic E-state index is 0.798. The van der Waals surface area contributed by atoms with Gasteiger partial charge in [0.05, 0.1) is 0 Å². The Morgan fingerprint density at radius 3 is 2.27 bits per heavy atom. The summed E-state index contributed by atoms with van der Waals surface area (Å²) in [7, 11) is 0. The molecule has 0 radical (unpaired) electrons. The highest BCUT2D eigenvalue weighted by atomic mass is 14.9. The van der Waals surface area contributed by atoms with E-state index in [0.29, 0.717) is 0 Å². The van der Waals surface area contributed by atoms with Gasteiger partial charge >= 0.3 is 0 Å². The predicted molar refractivity (Wildman–Crippen MR) is 68.5 cm³/mol. The second-order valence-corrected chi connectivity index (χ2v) is 4.36. The van der Waals surface area contributed by atoms with Crippen molar-refractivity contribution in [1.82, 2.24) is 0 Å². The Hall–Kier alpha value is -0.980. The van der Waals surface area contributed by atoms with Crippen LogP contribution in [0.5, 0.6) is 0 Å². The second-order valence-electron chi connectivity index (χ2n) is 4.36. The zero-order valence-corrected chi connectivity index (χ0v) is 10.4. The molecular weight excluding hydrogens is 182 g/mol.